The van der Waals surface area contributed by atoms with Crippen LogP contribution in [0.1, 0.15) is 26.2 Å². The van der Waals surface area contributed by atoms with Crippen LogP contribution in [0.15, 0.2) is 69.7 Å². The Bertz CT molecular complexity index is 1120. The molecular formula is C23H24N4O3. The number of carbonyl (C=O) groups excluding carboxylic acids is 1. The van der Waals surface area contributed by atoms with Gasteiger partial charge in [0.15, 0.2) is 5.76 Å². The van der Waals surface area contributed by atoms with Gasteiger partial charge >= 0.3 is 0 Å². The maximum Gasteiger partial charge on any atom is 0.283 e. The Morgan fingerprint density at radius 2 is 1.93 bits per heavy atom. The largest absolute Gasteiger partial charge is 0.459 e. The third-order valence-electron chi connectivity index (χ3n) is 5.02. The summed E-state index contributed by atoms with van der Waals surface area (Å²) in [5.74, 6) is 1.22. The summed E-state index contributed by atoms with van der Waals surface area (Å²) in [6.07, 6.45) is 2.45. The summed E-state index contributed by atoms with van der Waals surface area (Å²) in [5.41, 5.74) is 0.805. The van der Waals surface area contributed by atoms with E-state index in [1.165, 1.54) is 0 Å². The molecule has 2 heterocycles. The highest BCUT2D eigenvalue weighted by atomic mass is 16.4. The first-order valence-electron chi connectivity index (χ1n) is 10.0. The van der Waals surface area contributed by atoms with Crippen molar-refractivity contribution in [1.29, 1.82) is 0 Å². The molecule has 0 aliphatic carbocycles. The van der Waals surface area contributed by atoms with Gasteiger partial charge in [-0.3, -0.25) is 9.69 Å². The number of fused-ring (bicyclic) bond motifs is 1. The molecule has 1 amide bonds. The number of hydrogen-bond donors (Lipinski definition) is 1. The number of anilines is 1. The van der Waals surface area contributed by atoms with Gasteiger partial charge in [0.05, 0.1) is 18.8 Å². The van der Waals surface area contributed by atoms with Crippen LogP contribution in [0, 0.1) is 0 Å². The predicted molar refractivity (Wildman–Crippen MR) is 115 cm³/mol. The third kappa shape index (κ3) is 4.26. The molecule has 0 saturated carbocycles. The number of aromatic nitrogens is 2. The monoisotopic (exact) mass is 404 g/mol. The van der Waals surface area contributed by atoms with E-state index < -0.39 is 0 Å². The Kier molecular flexibility index (Phi) is 5.90. The molecule has 0 radical (unpaired) electrons. The van der Waals surface area contributed by atoms with Crippen molar-refractivity contribution in [3.63, 3.8) is 0 Å². The van der Waals surface area contributed by atoms with E-state index in [0.29, 0.717) is 24.1 Å². The van der Waals surface area contributed by atoms with Gasteiger partial charge in [0.2, 0.25) is 11.8 Å². The van der Waals surface area contributed by atoms with Crippen LogP contribution in [0.25, 0.3) is 22.4 Å². The molecule has 4 rings (SSSR count). The number of rotatable bonds is 8. The van der Waals surface area contributed by atoms with Crippen LogP contribution < -0.4 is 5.32 Å². The van der Waals surface area contributed by atoms with Crippen LogP contribution in [0.4, 0.5) is 5.69 Å². The van der Waals surface area contributed by atoms with Crippen molar-refractivity contribution in [1.82, 2.24) is 15.1 Å². The minimum atomic E-state index is -0.372. The molecular weight excluding hydrogens is 380 g/mol. The molecule has 7 nitrogen and oxygen atoms in total. The fourth-order valence-electron chi connectivity index (χ4n) is 3.43. The Labute approximate surface area is 174 Å². The van der Waals surface area contributed by atoms with Crippen molar-refractivity contribution in [2.24, 2.45) is 0 Å². The minimum Gasteiger partial charge on any atom is -0.459 e. The van der Waals surface area contributed by atoms with Gasteiger partial charge in [0.1, 0.15) is 0 Å². The molecule has 0 aliphatic heterocycles. The first-order chi connectivity index (χ1) is 14.7. The van der Waals surface area contributed by atoms with Crippen LogP contribution in [0.2, 0.25) is 0 Å². The zero-order chi connectivity index (χ0) is 20.9. The van der Waals surface area contributed by atoms with Gasteiger partial charge < -0.3 is 14.2 Å². The van der Waals surface area contributed by atoms with Crippen LogP contribution in [0.3, 0.4) is 0 Å². The number of nitrogens with zero attached hydrogens (tertiary/aromatic N) is 3. The molecule has 0 aliphatic rings. The average Bonchev–Trinajstić information content (AvgIpc) is 3.45. The second kappa shape index (κ2) is 8.92. The second-order valence-corrected chi connectivity index (χ2v) is 7.14. The van der Waals surface area contributed by atoms with Crippen molar-refractivity contribution in [2.45, 2.75) is 32.9 Å². The summed E-state index contributed by atoms with van der Waals surface area (Å²) in [7, 11) is 0. The van der Waals surface area contributed by atoms with E-state index in [9.17, 15) is 4.79 Å². The predicted octanol–water partition coefficient (Wildman–Crippen LogP) is 4.72. The number of hydrogen-bond acceptors (Lipinski definition) is 6. The number of furan rings is 1. The van der Waals surface area contributed by atoms with Gasteiger partial charge in [0.25, 0.3) is 5.89 Å². The van der Waals surface area contributed by atoms with Crippen LogP contribution in [-0.2, 0) is 11.3 Å². The van der Waals surface area contributed by atoms with E-state index in [4.69, 9.17) is 8.83 Å². The molecule has 7 heteroatoms. The van der Waals surface area contributed by atoms with Crippen molar-refractivity contribution >= 4 is 22.4 Å². The van der Waals surface area contributed by atoms with Gasteiger partial charge in [-0.05, 0) is 43.5 Å². The van der Waals surface area contributed by atoms with Gasteiger partial charge in [0, 0.05) is 11.1 Å². The van der Waals surface area contributed by atoms with E-state index in [0.717, 1.165) is 29.4 Å². The number of benzene rings is 2. The van der Waals surface area contributed by atoms with Crippen molar-refractivity contribution in [2.75, 3.05) is 11.9 Å². The summed E-state index contributed by atoms with van der Waals surface area (Å²) >= 11 is 0. The molecule has 1 N–H and O–H groups in total. The lowest BCUT2D eigenvalue weighted by Crippen LogP contribution is -2.42. The topological polar surface area (TPSA) is 84.4 Å². The highest BCUT2D eigenvalue weighted by Crippen LogP contribution is 2.24. The quantitative estimate of drug-likeness (QED) is 0.457. The van der Waals surface area contributed by atoms with E-state index in [1.54, 1.807) is 18.4 Å². The first-order valence-corrected chi connectivity index (χ1v) is 10.0. The Morgan fingerprint density at radius 1 is 1.10 bits per heavy atom. The lowest BCUT2D eigenvalue weighted by molar-refractivity contribution is -0.121. The lowest BCUT2D eigenvalue weighted by Gasteiger charge is -2.26. The van der Waals surface area contributed by atoms with E-state index in [-0.39, 0.29) is 11.9 Å². The molecule has 30 heavy (non-hydrogen) atoms. The molecule has 0 fully saturated rings. The Hall–Kier alpha value is -3.45. The summed E-state index contributed by atoms with van der Waals surface area (Å²) in [6.45, 7) is 5.07. The number of amides is 1. The van der Waals surface area contributed by atoms with Crippen molar-refractivity contribution in [3.8, 4) is 11.7 Å². The summed E-state index contributed by atoms with van der Waals surface area (Å²) in [6, 6.07) is 17.1. The van der Waals surface area contributed by atoms with Gasteiger partial charge in [-0.1, -0.05) is 43.3 Å². The second-order valence-electron chi connectivity index (χ2n) is 7.14. The lowest BCUT2D eigenvalue weighted by atomic mass is 10.1. The number of nitrogens with one attached hydrogen (secondary N) is 1. The van der Waals surface area contributed by atoms with E-state index in [2.05, 4.69) is 22.4 Å². The maximum atomic E-state index is 13.0. The molecule has 2 aromatic heterocycles. The molecule has 1 unspecified atom stereocenters. The van der Waals surface area contributed by atoms with Gasteiger partial charge in [-0.15, -0.1) is 10.2 Å². The molecule has 0 bridgehead atoms. The van der Waals surface area contributed by atoms with Crippen LogP contribution >= 0.6 is 0 Å². The zero-order valence-electron chi connectivity index (χ0n) is 17.0. The average molecular weight is 404 g/mol. The van der Waals surface area contributed by atoms with Gasteiger partial charge in [-0.2, -0.15) is 0 Å². The Balaban J connectivity index is 1.48. The minimum absolute atomic E-state index is 0.0782. The molecule has 0 spiro atoms. The smallest absolute Gasteiger partial charge is 0.283 e. The molecule has 154 valence electrons. The maximum absolute atomic E-state index is 13.0. The third-order valence-corrected chi connectivity index (χ3v) is 5.02. The standard InChI is InChI=1S/C23H24N4O3/c1-3-13-27(15-21-25-26-23(30-21)20-12-7-14-29-20)16(2)22(28)24-19-11-6-9-17-8-4-5-10-18(17)19/h4-12,14,16H,3,13,15H2,1-2H3,(H,24,28). The zero-order valence-corrected chi connectivity index (χ0v) is 17.0. The van der Waals surface area contributed by atoms with E-state index >= 15 is 0 Å². The molecule has 0 saturated heterocycles. The highest BCUT2D eigenvalue weighted by molar-refractivity contribution is 6.03. The summed E-state index contributed by atoms with van der Waals surface area (Å²) in [5, 5.41) is 13.3. The number of carbonyl (C=O) groups is 1. The SMILES string of the molecule is CCCN(Cc1nnc(-c2ccco2)o1)C(C)C(=O)Nc1cccc2ccccc12. The summed E-state index contributed by atoms with van der Waals surface area (Å²) < 4.78 is 11.0. The summed E-state index contributed by atoms with van der Waals surface area (Å²) in [4.78, 5) is 15.0. The Morgan fingerprint density at radius 3 is 2.73 bits per heavy atom. The molecule has 1 atom stereocenters. The van der Waals surface area contributed by atoms with Crippen molar-refractivity contribution < 1.29 is 13.6 Å². The van der Waals surface area contributed by atoms with Crippen LogP contribution in [-0.4, -0.2) is 33.6 Å². The van der Waals surface area contributed by atoms with Crippen molar-refractivity contribution in [3.05, 3.63) is 66.8 Å². The highest BCUT2D eigenvalue weighted by Gasteiger charge is 2.24. The molecule has 2 aromatic carbocycles. The first kappa shape index (κ1) is 19.8. The van der Waals surface area contributed by atoms with E-state index in [1.807, 2.05) is 54.3 Å². The fourth-order valence-corrected chi connectivity index (χ4v) is 3.43. The molecule has 4 aromatic rings. The van der Waals surface area contributed by atoms with Gasteiger partial charge in [-0.25, -0.2) is 0 Å². The normalized spacial score (nSPS) is 12.4. The fraction of sp³-hybridized carbons (Fsp3) is 0.261. The van der Waals surface area contributed by atoms with Crippen LogP contribution in [0.5, 0.6) is 0 Å².